The molecule has 1 aliphatic heterocycles. The van der Waals surface area contributed by atoms with Gasteiger partial charge in [0.05, 0.1) is 5.56 Å². The van der Waals surface area contributed by atoms with Gasteiger partial charge < -0.3 is 9.47 Å². The average Bonchev–Trinajstić information content (AvgIpc) is 2.99. The van der Waals surface area contributed by atoms with E-state index in [1.54, 1.807) is 0 Å². The fraction of sp³-hybridized carbons (Fsp3) is 0.333. The number of para-hydroxylation sites is 1. The van der Waals surface area contributed by atoms with Crippen LogP contribution in [0.25, 0.3) is 10.9 Å². The van der Waals surface area contributed by atoms with Crippen LogP contribution < -0.4 is 0 Å². The minimum Gasteiger partial charge on any atom is -0.350 e. The van der Waals surface area contributed by atoms with Gasteiger partial charge in [-0.2, -0.15) is 0 Å². The minimum atomic E-state index is 0.155. The van der Waals surface area contributed by atoms with Crippen molar-refractivity contribution in [2.75, 3.05) is 13.1 Å². The topological polar surface area (TPSA) is 38.1 Å². The fourth-order valence-electron chi connectivity index (χ4n) is 3.91. The third-order valence-electron chi connectivity index (χ3n) is 5.16. The quantitative estimate of drug-likeness (QED) is 0.733. The minimum absolute atomic E-state index is 0.155. The molecule has 0 saturated carbocycles. The molecule has 1 saturated heterocycles. The Bertz CT molecular complexity index is 885. The number of rotatable bonds is 3. The van der Waals surface area contributed by atoms with Crippen LogP contribution in [0.5, 0.6) is 0 Å². The average molecular weight is 333 g/mol. The number of pyridine rings is 1. The van der Waals surface area contributed by atoms with Gasteiger partial charge in [0.25, 0.3) is 5.91 Å². The summed E-state index contributed by atoms with van der Waals surface area (Å²) in [6, 6.07) is 14.2. The highest BCUT2D eigenvalue weighted by Gasteiger charge is 2.26. The molecule has 4 rings (SSSR count). The first kappa shape index (κ1) is 15.9. The summed E-state index contributed by atoms with van der Waals surface area (Å²) in [5.41, 5.74) is 3.04. The summed E-state index contributed by atoms with van der Waals surface area (Å²) in [5.74, 6) is 0.644. The zero-order chi connectivity index (χ0) is 17.2. The molecular formula is C21H23N3O. The molecule has 1 atom stereocenters. The number of amides is 1. The van der Waals surface area contributed by atoms with Crippen LogP contribution in [0.1, 0.15) is 28.9 Å². The van der Waals surface area contributed by atoms with Crippen molar-refractivity contribution in [1.82, 2.24) is 14.5 Å². The van der Waals surface area contributed by atoms with Gasteiger partial charge in [0.1, 0.15) is 0 Å². The normalized spacial score (nSPS) is 17.8. The number of benzene rings is 1. The predicted molar refractivity (Wildman–Crippen MR) is 99.5 cm³/mol. The predicted octanol–water partition coefficient (Wildman–Crippen LogP) is 3.67. The Hall–Kier alpha value is -2.62. The van der Waals surface area contributed by atoms with Crippen molar-refractivity contribution in [3.63, 3.8) is 0 Å². The van der Waals surface area contributed by atoms with E-state index in [-0.39, 0.29) is 5.91 Å². The molecule has 1 unspecified atom stereocenters. The highest BCUT2D eigenvalue weighted by atomic mass is 16.2. The van der Waals surface area contributed by atoms with Crippen molar-refractivity contribution in [2.45, 2.75) is 19.3 Å². The first-order valence-electron chi connectivity index (χ1n) is 8.95. The molecule has 3 heterocycles. The second-order valence-electron chi connectivity index (χ2n) is 6.96. The summed E-state index contributed by atoms with van der Waals surface area (Å²) in [4.78, 5) is 19.6. The summed E-state index contributed by atoms with van der Waals surface area (Å²) >= 11 is 0. The number of hydrogen-bond donors (Lipinski definition) is 0. The summed E-state index contributed by atoms with van der Waals surface area (Å²) in [6.07, 6.45) is 6.98. The van der Waals surface area contributed by atoms with Crippen molar-refractivity contribution < 1.29 is 4.79 Å². The molecule has 0 radical (unpaired) electrons. The largest absolute Gasteiger partial charge is 0.350 e. The zero-order valence-corrected chi connectivity index (χ0v) is 14.6. The Morgan fingerprint density at radius 1 is 1.20 bits per heavy atom. The van der Waals surface area contributed by atoms with Gasteiger partial charge >= 0.3 is 0 Å². The molecule has 0 aliphatic carbocycles. The number of hydrogen-bond acceptors (Lipinski definition) is 2. The maximum atomic E-state index is 13.1. The van der Waals surface area contributed by atoms with Gasteiger partial charge in [0, 0.05) is 49.1 Å². The van der Waals surface area contributed by atoms with Gasteiger partial charge in [0.2, 0.25) is 0 Å². The summed E-state index contributed by atoms with van der Waals surface area (Å²) in [5, 5.41) is 1.04. The monoisotopic (exact) mass is 333 g/mol. The van der Waals surface area contributed by atoms with E-state index >= 15 is 0 Å². The van der Waals surface area contributed by atoms with E-state index in [1.165, 1.54) is 0 Å². The number of likely N-dealkylation sites (tertiary alicyclic amines) is 1. The SMILES string of the molecule is Cn1cc(C(=O)N2CCCC(Cc3ccccn3)C2)c2ccccc21. The molecule has 0 bridgehead atoms. The third-order valence-corrected chi connectivity index (χ3v) is 5.16. The Morgan fingerprint density at radius 2 is 2.04 bits per heavy atom. The molecular weight excluding hydrogens is 310 g/mol. The molecule has 2 aromatic heterocycles. The van der Waals surface area contributed by atoms with Crippen LogP contribution in [0.3, 0.4) is 0 Å². The Morgan fingerprint density at radius 3 is 2.88 bits per heavy atom. The maximum Gasteiger partial charge on any atom is 0.256 e. The van der Waals surface area contributed by atoms with E-state index in [2.05, 4.69) is 17.1 Å². The van der Waals surface area contributed by atoms with Crippen molar-refractivity contribution in [1.29, 1.82) is 0 Å². The van der Waals surface area contributed by atoms with E-state index in [0.29, 0.717) is 5.92 Å². The number of carbonyl (C=O) groups excluding carboxylic acids is 1. The van der Waals surface area contributed by atoms with E-state index in [1.807, 2.05) is 59.2 Å². The van der Waals surface area contributed by atoms with E-state index in [0.717, 1.165) is 54.5 Å². The van der Waals surface area contributed by atoms with Gasteiger partial charge in [-0.25, -0.2) is 0 Å². The van der Waals surface area contributed by atoms with Crippen molar-refractivity contribution in [2.24, 2.45) is 13.0 Å². The first-order valence-corrected chi connectivity index (χ1v) is 8.95. The van der Waals surface area contributed by atoms with Gasteiger partial charge in [-0.1, -0.05) is 24.3 Å². The lowest BCUT2D eigenvalue weighted by Gasteiger charge is -2.32. The van der Waals surface area contributed by atoms with Crippen LogP contribution in [0.4, 0.5) is 0 Å². The zero-order valence-electron chi connectivity index (χ0n) is 14.6. The summed E-state index contributed by atoms with van der Waals surface area (Å²) in [7, 11) is 2.00. The van der Waals surface area contributed by atoms with Crippen LogP contribution in [-0.4, -0.2) is 33.4 Å². The highest BCUT2D eigenvalue weighted by molar-refractivity contribution is 6.07. The summed E-state index contributed by atoms with van der Waals surface area (Å²) < 4.78 is 2.04. The molecule has 0 spiro atoms. The molecule has 4 heteroatoms. The Labute approximate surface area is 148 Å². The second kappa shape index (κ2) is 6.71. The molecule has 0 N–H and O–H groups in total. The van der Waals surface area contributed by atoms with Crippen LogP contribution in [0.2, 0.25) is 0 Å². The van der Waals surface area contributed by atoms with E-state index in [9.17, 15) is 4.79 Å². The lowest BCUT2D eigenvalue weighted by atomic mass is 9.92. The Balaban J connectivity index is 1.53. The maximum absolute atomic E-state index is 13.1. The van der Waals surface area contributed by atoms with Gasteiger partial charge in [-0.3, -0.25) is 9.78 Å². The van der Waals surface area contributed by atoms with Crippen LogP contribution in [-0.2, 0) is 13.5 Å². The number of fused-ring (bicyclic) bond motifs is 1. The van der Waals surface area contributed by atoms with Crippen molar-refractivity contribution in [3.8, 4) is 0 Å². The Kier molecular flexibility index (Phi) is 4.26. The first-order chi connectivity index (χ1) is 12.2. The summed E-state index contributed by atoms with van der Waals surface area (Å²) in [6.45, 7) is 1.67. The molecule has 25 heavy (non-hydrogen) atoms. The lowest BCUT2D eigenvalue weighted by Crippen LogP contribution is -2.40. The van der Waals surface area contributed by atoms with E-state index in [4.69, 9.17) is 0 Å². The second-order valence-corrected chi connectivity index (χ2v) is 6.96. The van der Waals surface area contributed by atoms with Gasteiger partial charge in [0.15, 0.2) is 0 Å². The number of aromatic nitrogens is 2. The number of nitrogens with zero attached hydrogens (tertiary/aromatic N) is 3. The third kappa shape index (κ3) is 3.16. The molecule has 1 aromatic carbocycles. The smallest absolute Gasteiger partial charge is 0.256 e. The standard InChI is InChI=1S/C21H23N3O/c1-23-15-19(18-9-2-3-10-20(18)23)21(25)24-12-6-7-16(14-24)13-17-8-4-5-11-22-17/h2-5,8-11,15-16H,6-7,12-14H2,1H3. The van der Waals surface area contributed by atoms with Crippen molar-refractivity contribution in [3.05, 3.63) is 66.1 Å². The molecule has 4 nitrogen and oxygen atoms in total. The number of piperidine rings is 1. The molecule has 128 valence electrons. The molecule has 3 aromatic rings. The van der Waals surface area contributed by atoms with Gasteiger partial charge in [-0.15, -0.1) is 0 Å². The molecule has 1 aliphatic rings. The molecule has 1 fully saturated rings. The van der Waals surface area contributed by atoms with Gasteiger partial charge in [-0.05, 0) is 43.4 Å². The fourth-order valence-corrected chi connectivity index (χ4v) is 3.91. The van der Waals surface area contributed by atoms with Crippen molar-refractivity contribution >= 4 is 16.8 Å². The lowest BCUT2D eigenvalue weighted by molar-refractivity contribution is 0.0674. The van der Waals surface area contributed by atoms with Crippen LogP contribution in [0.15, 0.2) is 54.9 Å². The molecule has 1 amide bonds. The number of carbonyl (C=O) groups is 1. The van der Waals surface area contributed by atoms with Crippen LogP contribution >= 0.6 is 0 Å². The number of aryl methyl sites for hydroxylation is 1. The highest BCUT2D eigenvalue weighted by Crippen LogP contribution is 2.25. The van der Waals surface area contributed by atoms with E-state index < -0.39 is 0 Å². The van der Waals surface area contributed by atoms with Crippen LogP contribution in [0, 0.1) is 5.92 Å².